The highest BCUT2D eigenvalue weighted by atomic mass is 79.9. The first-order chi connectivity index (χ1) is 16.5. The number of ether oxygens (including phenoxy) is 1. The van der Waals surface area contributed by atoms with E-state index in [1.165, 1.54) is 7.05 Å². The quantitative estimate of drug-likeness (QED) is 0.252. The predicted molar refractivity (Wildman–Crippen MR) is 130 cm³/mol. The third-order valence-electron chi connectivity index (χ3n) is 7.88. The normalized spacial score (nSPS) is 36.2. The summed E-state index contributed by atoms with van der Waals surface area (Å²) in [5.41, 5.74) is 0.782. The number of phenols is 1. The van der Waals surface area contributed by atoms with Gasteiger partial charge in [0.1, 0.15) is 0 Å². The number of rotatable bonds is 4. The average molecular weight is 586 g/mol. The molecule has 1 saturated carbocycles. The van der Waals surface area contributed by atoms with Gasteiger partial charge in [-0.1, -0.05) is 39.7 Å². The zero-order valence-corrected chi connectivity index (χ0v) is 22.1. The first-order valence-electron chi connectivity index (χ1n) is 11.3. The van der Waals surface area contributed by atoms with Crippen LogP contribution >= 0.6 is 39.1 Å². The lowest BCUT2D eigenvalue weighted by molar-refractivity contribution is -0.140. The molecule has 1 N–H and O–H groups in total. The first kappa shape index (κ1) is 24.6. The molecule has 8 nitrogen and oxygen atoms in total. The lowest BCUT2D eigenvalue weighted by Gasteiger charge is -2.50. The molecule has 0 radical (unpaired) electrons. The van der Waals surface area contributed by atoms with Gasteiger partial charge in [-0.05, 0) is 31.7 Å². The van der Waals surface area contributed by atoms with Crippen LogP contribution in [0.15, 0.2) is 29.8 Å². The van der Waals surface area contributed by atoms with E-state index >= 15 is 0 Å². The number of benzene rings is 1. The number of likely N-dealkylation sites (tertiary alicyclic amines) is 2. The van der Waals surface area contributed by atoms with E-state index in [-0.39, 0.29) is 47.2 Å². The molecule has 0 aromatic heterocycles. The minimum atomic E-state index is -1.96. The van der Waals surface area contributed by atoms with E-state index in [2.05, 4.69) is 15.9 Å². The highest BCUT2D eigenvalue weighted by Gasteiger charge is 2.76. The Hall–Kier alpha value is -2.10. The molecule has 5 rings (SSSR count). The molecule has 0 spiro atoms. The number of halogens is 3. The number of para-hydroxylation sites is 1. The Bertz CT molecular complexity index is 1210. The van der Waals surface area contributed by atoms with Crippen molar-refractivity contribution in [3.63, 3.8) is 0 Å². The van der Waals surface area contributed by atoms with Crippen molar-refractivity contribution in [3.05, 3.63) is 35.4 Å². The van der Waals surface area contributed by atoms with Crippen LogP contribution in [-0.2, 0) is 19.2 Å². The summed E-state index contributed by atoms with van der Waals surface area (Å²) in [6, 6.07) is 4.86. The molecule has 2 saturated heterocycles. The maximum atomic E-state index is 13.7. The van der Waals surface area contributed by atoms with Crippen LogP contribution in [0.25, 0.3) is 0 Å². The number of allylic oxidation sites excluding steroid dienone is 2. The van der Waals surface area contributed by atoms with Crippen molar-refractivity contribution in [2.75, 3.05) is 19.1 Å². The zero-order chi connectivity index (χ0) is 25.4. The molecule has 4 aliphatic rings. The van der Waals surface area contributed by atoms with Gasteiger partial charge in [0.2, 0.25) is 11.8 Å². The van der Waals surface area contributed by atoms with E-state index in [1.54, 1.807) is 25.1 Å². The highest BCUT2D eigenvalue weighted by molar-refractivity contribution is 9.09. The Morgan fingerprint density at radius 2 is 1.86 bits per heavy atom. The molecule has 0 bridgehead atoms. The molecule has 3 fully saturated rings. The van der Waals surface area contributed by atoms with Gasteiger partial charge in [-0.2, -0.15) is 0 Å². The highest BCUT2D eigenvalue weighted by Crippen LogP contribution is 2.66. The molecule has 2 heterocycles. The largest absolute Gasteiger partial charge is 0.504 e. The summed E-state index contributed by atoms with van der Waals surface area (Å²) in [6.07, 6.45) is 2.01. The van der Waals surface area contributed by atoms with Gasteiger partial charge in [-0.25, -0.2) is 0 Å². The number of hydrogen-bond acceptors (Lipinski definition) is 6. The van der Waals surface area contributed by atoms with Gasteiger partial charge in [0.25, 0.3) is 11.8 Å². The molecular formula is C24H23BrCl2N2O6. The third-order valence-corrected chi connectivity index (χ3v) is 9.79. The zero-order valence-electron chi connectivity index (χ0n) is 19.0. The summed E-state index contributed by atoms with van der Waals surface area (Å²) < 4.78 is 5.56. The van der Waals surface area contributed by atoms with Crippen molar-refractivity contribution in [1.29, 1.82) is 0 Å². The number of fused-ring (bicyclic) bond motifs is 4. The van der Waals surface area contributed by atoms with Crippen molar-refractivity contribution >= 4 is 62.8 Å². The second kappa shape index (κ2) is 8.21. The molecule has 1 aromatic carbocycles. The number of carbonyl (C=O) groups excluding carboxylic acids is 4. The fourth-order valence-corrected chi connectivity index (χ4v) is 7.72. The van der Waals surface area contributed by atoms with Gasteiger partial charge in [0.15, 0.2) is 21.2 Å². The summed E-state index contributed by atoms with van der Waals surface area (Å²) in [5.74, 6) is -4.97. The molecule has 4 amide bonds. The van der Waals surface area contributed by atoms with Crippen molar-refractivity contribution in [2.45, 2.75) is 35.4 Å². The lowest BCUT2D eigenvalue weighted by atomic mass is 9.56. The monoisotopic (exact) mass is 584 g/mol. The van der Waals surface area contributed by atoms with Gasteiger partial charge in [0.05, 0.1) is 23.9 Å². The second-order valence-corrected chi connectivity index (χ2v) is 11.1. The molecule has 11 heteroatoms. The van der Waals surface area contributed by atoms with E-state index in [0.717, 1.165) is 9.80 Å². The van der Waals surface area contributed by atoms with E-state index < -0.39 is 45.2 Å². The summed E-state index contributed by atoms with van der Waals surface area (Å²) in [6.45, 7) is 2.06. The number of amides is 4. The third kappa shape index (κ3) is 2.98. The van der Waals surface area contributed by atoms with Gasteiger partial charge in [-0.3, -0.25) is 29.0 Å². The fourth-order valence-electron chi connectivity index (χ4n) is 6.30. The number of alkyl halides is 3. The smallest absolute Gasteiger partial charge is 0.254 e. The van der Waals surface area contributed by atoms with Crippen LogP contribution in [0.4, 0.5) is 0 Å². The molecule has 2 aliphatic carbocycles. The molecule has 186 valence electrons. The first-order valence-corrected chi connectivity index (χ1v) is 13.2. The van der Waals surface area contributed by atoms with Gasteiger partial charge in [-0.15, -0.1) is 23.2 Å². The number of aromatic hydroxyl groups is 1. The van der Waals surface area contributed by atoms with E-state index in [9.17, 15) is 24.3 Å². The molecule has 6 unspecified atom stereocenters. The Labute approximate surface area is 220 Å². The van der Waals surface area contributed by atoms with Crippen LogP contribution in [0.3, 0.4) is 0 Å². The van der Waals surface area contributed by atoms with Gasteiger partial charge >= 0.3 is 0 Å². The van der Waals surface area contributed by atoms with Gasteiger partial charge < -0.3 is 9.84 Å². The lowest BCUT2D eigenvalue weighted by Crippen LogP contribution is -2.60. The molecule has 6 atom stereocenters. The Morgan fingerprint density at radius 1 is 1.14 bits per heavy atom. The second-order valence-electron chi connectivity index (χ2n) is 9.35. The Morgan fingerprint density at radius 3 is 2.51 bits per heavy atom. The Kier molecular flexibility index (Phi) is 5.77. The standard InChI is InChI=1S/C24H23BrCl2N2O6/c1-3-35-15-6-4-5-13(18(15)30)17-11-7-8-12-16(20(32)28(2)19(12)31)14(11)9-23(26)21(33)29(10-25)22(34)24(17,23)27/h4-7,12,14,16-17,30H,3,8-10H2,1-2H3. The van der Waals surface area contributed by atoms with Crippen molar-refractivity contribution < 1.29 is 29.0 Å². The topological polar surface area (TPSA) is 104 Å². The minimum absolute atomic E-state index is 0.0889. The Balaban J connectivity index is 1.77. The van der Waals surface area contributed by atoms with Crippen LogP contribution in [-0.4, -0.2) is 67.4 Å². The molecular weight excluding hydrogens is 563 g/mol. The van der Waals surface area contributed by atoms with Crippen LogP contribution < -0.4 is 4.74 Å². The van der Waals surface area contributed by atoms with E-state index in [0.29, 0.717) is 12.2 Å². The molecule has 2 aliphatic heterocycles. The van der Waals surface area contributed by atoms with E-state index in [4.69, 9.17) is 27.9 Å². The number of imide groups is 2. The van der Waals surface area contributed by atoms with Gasteiger partial charge in [0, 0.05) is 18.5 Å². The number of phenolic OH excluding ortho intramolecular Hbond substituents is 1. The SMILES string of the molecule is CCOc1cccc(C2C3=CCC4C(=O)N(C)C(=O)C4C3CC3(Cl)C(=O)N(CBr)C(=O)C23Cl)c1O. The molecule has 35 heavy (non-hydrogen) atoms. The van der Waals surface area contributed by atoms with Crippen molar-refractivity contribution in [1.82, 2.24) is 9.80 Å². The minimum Gasteiger partial charge on any atom is -0.504 e. The van der Waals surface area contributed by atoms with E-state index in [1.807, 2.05) is 6.08 Å². The molecule has 1 aromatic rings. The van der Waals surface area contributed by atoms with Crippen molar-refractivity contribution in [2.24, 2.45) is 17.8 Å². The summed E-state index contributed by atoms with van der Waals surface area (Å²) >= 11 is 17.4. The van der Waals surface area contributed by atoms with Crippen molar-refractivity contribution in [3.8, 4) is 11.5 Å². The fraction of sp³-hybridized carbons (Fsp3) is 0.500. The van der Waals surface area contributed by atoms with Crippen LogP contribution in [0, 0.1) is 17.8 Å². The maximum Gasteiger partial charge on any atom is 0.254 e. The van der Waals surface area contributed by atoms with Crippen LogP contribution in [0.2, 0.25) is 0 Å². The maximum absolute atomic E-state index is 13.7. The number of carbonyl (C=O) groups is 4. The number of nitrogens with zero attached hydrogens (tertiary/aromatic N) is 2. The summed E-state index contributed by atoms with van der Waals surface area (Å²) in [7, 11) is 1.44. The van der Waals surface area contributed by atoms with Crippen LogP contribution in [0.5, 0.6) is 11.5 Å². The number of hydrogen-bond donors (Lipinski definition) is 1. The average Bonchev–Trinajstić information content (AvgIpc) is 3.14. The summed E-state index contributed by atoms with van der Waals surface area (Å²) in [4.78, 5) is 51.3. The predicted octanol–water partition coefficient (Wildman–Crippen LogP) is 3.13. The van der Waals surface area contributed by atoms with Crippen LogP contribution in [0.1, 0.15) is 31.2 Å². The summed E-state index contributed by atoms with van der Waals surface area (Å²) in [5, 5.41) is 11.2.